The van der Waals surface area contributed by atoms with Crippen LogP contribution in [0.2, 0.25) is 0 Å². The van der Waals surface area contributed by atoms with Gasteiger partial charge in [0.05, 0.1) is 12.8 Å². The number of likely N-dealkylation sites (N-methyl/N-ethyl adjacent to an activating group) is 2. The van der Waals surface area contributed by atoms with Crippen LogP contribution in [0.1, 0.15) is 5.56 Å². The highest BCUT2D eigenvalue weighted by Gasteiger charge is 2.39. The number of nitrogen functional groups attached to an aromatic ring is 1. The molecule has 0 aromatic heterocycles. The third-order valence-electron chi connectivity index (χ3n) is 4.58. The minimum atomic E-state index is -1.48. The molecule has 31 heavy (non-hydrogen) atoms. The lowest BCUT2D eigenvalue weighted by molar-refractivity contribution is -0.218. The normalized spacial score (nSPS) is 23.0. The third kappa shape index (κ3) is 6.59. The van der Waals surface area contributed by atoms with Crippen molar-refractivity contribution in [3.8, 4) is 5.75 Å². The average Bonchev–Trinajstić information content (AvgIpc) is 2.76. The molecule has 2 rings (SSSR count). The van der Waals surface area contributed by atoms with Gasteiger partial charge >= 0.3 is 12.2 Å². The molecule has 2 amide bonds. The molecule has 0 saturated carbocycles. The Morgan fingerprint density at radius 1 is 1.10 bits per heavy atom. The summed E-state index contributed by atoms with van der Waals surface area (Å²) in [6, 6.07) is 4.63. The van der Waals surface area contributed by atoms with E-state index in [1.807, 2.05) is 0 Å². The molecule has 1 aromatic carbocycles. The summed E-state index contributed by atoms with van der Waals surface area (Å²) in [4.78, 5) is 26.1. The van der Waals surface area contributed by atoms with Crippen molar-refractivity contribution in [3.05, 3.63) is 30.4 Å². The smallest absolute Gasteiger partial charge is 0.409 e. The molecule has 1 aliphatic rings. The van der Waals surface area contributed by atoms with Gasteiger partial charge in [0.2, 0.25) is 6.29 Å². The van der Waals surface area contributed by atoms with Gasteiger partial charge in [0.1, 0.15) is 37.3 Å². The van der Waals surface area contributed by atoms with Crippen molar-refractivity contribution >= 4 is 17.9 Å². The fraction of sp³-hybridized carbons (Fsp3) is 0.526. The van der Waals surface area contributed by atoms with Crippen LogP contribution in [-0.4, -0.2) is 96.2 Å². The number of carbonyl (C=O) groups excluding carboxylic acids is 2. The zero-order valence-electron chi connectivity index (χ0n) is 17.5. The van der Waals surface area contributed by atoms with E-state index < -0.39 is 36.8 Å². The molecule has 1 heterocycles. The fourth-order valence-corrected chi connectivity index (χ4v) is 2.59. The summed E-state index contributed by atoms with van der Waals surface area (Å²) >= 11 is 0. The Morgan fingerprint density at radius 3 is 2.35 bits per heavy atom. The number of carbonyl (C=O) groups is 2. The molecule has 12 heteroatoms. The van der Waals surface area contributed by atoms with Gasteiger partial charge in [-0.3, -0.25) is 0 Å². The lowest BCUT2D eigenvalue weighted by Crippen LogP contribution is -2.52. The number of ether oxygens (including phenoxy) is 4. The standard InChI is InChI=1S/C19H28N3O9/c1-21(18(26)28-3)6-7-22(2)19(27)30-9-11-4-5-14(12(20)8-11)31-17-16(25)15(24)13(23)10-29-17/h4-5,8,10,13,15-17,23-25H,6-7,9,20H2,1-3H3. The lowest BCUT2D eigenvalue weighted by atomic mass is 10.1. The maximum Gasteiger partial charge on any atom is 0.409 e. The van der Waals surface area contributed by atoms with Crippen LogP contribution in [0, 0.1) is 6.61 Å². The predicted octanol–water partition coefficient (Wildman–Crippen LogP) is -0.485. The molecule has 4 atom stereocenters. The molecular formula is C19H28N3O9. The number of anilines is 1. The van der Waals surface area contributed by atoms with Gasteiger partial charge in [-0.15, -0.1) is 0 Å². The van der Waals surface area contributed by atoms with E-state index in [1.165, 1.54) is 36.1 Å². The van der Waals surface area contributed by atoms with Crippen LogP contribution in [0.15, 0.2) is 18.2 Å². The van der Waals surface area contributed by atoms with E-state index in [1.54, 1.807) is 13.1 Å². The predicted molar refractivity (Wildman–Crippen MR) is 107 cm³/mol. The van der Waals surface area contributed by atoms with Crippen LogP contribution in [-0.2, 0) is 20.8 Å². The molecule has 0 aliphatic carbocycles. The van der Waals surface area contributed by atoms with E-state index in [9.17, 15) is 24.9 Å². The van der Waals surface area contributed by atoms with Crippen LogP contribution in [0.4, 0.5) is 15.3 Å². The van der Waals surface area contributed by atoms with E-state index in [4.69, 9.17) is 19.9 Å². The van der Waals surface area contributed by atoms with Crippen molar-refractivity contribution in [1.82, 2.24) is 9.80 Å². The Morgan fingerprint density at radius 2 is 1.74 bits per heavy atom. The van der Waals surface area contributed by atoms with E-state index in [0.717, 1.165) is 6.61 Å². The summed E-state index contributed by atoms with van der Waals surface area (Å²) in [5, 5.41) is 29.0. The number of benzene rings is 1. The largest absolute Gasteiger partial charge is 0.460 e. The number of hydrogen-bond acceptors (Lipinski definition) is 10. The first-order valence-electron chi connectivity index (χ1n) is 9.39. The minimum Gasteiger partial charge on any atom is -0.460 e. The molecule has 4 unspecified atom stereocenters. The Balaban J connectivity index is 1.85. The quantitative estimate of drug-likeness (QED) is 0.405. The number of rotatable bonds is 7. The van der Waals surface area contributed by atoms with Crippen LogP contribution >= 0.6 is 0 Å². The first kappa shape index (κ1) is 24.5. The molecule has 1 fully saturated rings. The summed E-state index contributed by atoms with van der Waals surface area (Å²) in [5.41, 5.74) is 6.73. The molecular weight excluding hydrogens is 414 g/mol. The Labute approximate surface area is 179 Å². The van der Waals surface area contributed by atoms with Gasteiger partial charge < -0.3 is 49.8 Å². The Kier molecular flexibility index (Phi) is 8.68. The van der Waals surface area contributed by atoms with Crippen LogP contribution in [0.3, 0.4) is 0 Å². The molecule has 0 bridgehead atoms. The maximum atomic E-state index is 12.1. The Bertz CT molecular complexity index is 763. The second-order valence-corrected chi connectivity index (χ2v) is 6.97. The summed E-state index contributed by atoms with van der Waals surface area (Å²) < 4.78 is 20.3. The molecule has 1 aliphatic heterocycles. The Hall–Kier alpha value is -2.80. The van der Waals surface area contributed by atoms with E-state index in [-0.39, 0.29) is 31.1 Å². The monoisotopic (exact) mass is 442 g/mol. The summed E-state index contributed by atoms with van der Waals surface area (Å²) in [7, 11) is 4.36. The number of aliphatic hydroxyl groups excluding tert-OH is 3. The highest BCUT2D eigenvalue weighted by molar-refractivity contribution is 5.68. The van der Waals surface area contributed by atoms with Crippen LogP contribution in [0.25, 0.3) is 0 Å². The number of methoxy groups -OCH3 is 1. The van der Waals surface area contributed by atoms with E-state index in [0.29, 0.717) is 5.56 Å². The van der Waals surface area contributed by atoms with Gasteiger partial charge in [-0.2, -0.15) is 0 Å². The van der Waals surface area contributed by atoms with Crippen LogP contribution < -0.4 is 10.5 Å². The van der Waals surface area contributed by atoms with E-state index >= 15 is 0 Å². The number of nitrogens with zero attached hydrogens (tertiary/aromatic N) is 2. The zero-order valence-corrected chi connectivity index (χ0v) is 17.5. The van der Waals surface area contributed by atoms with Crippen LogP contribution in [0.5, 0.6) is 5.75 Å². The van der Waals surface area contributed by atoms with Crippen molar-refractivity contribution in [1.29, 1.82) is 0 Å². The topological polar surface area (TPSA) is 164 Å². The SMILES string of the molecule is COC(=O)N(C)CCN(C)C(=O)OCc1ccc(OC2O[CH]C(O)C(O)C2O)c(N)c1. The lowest BCUT2D eigenvalue weighted by Gasteiger charge is -2.34. The first-order valence-corrected chi connectivity index (χ1v) is 9.39. The average molecular weight is 442 g/mol. The molecule has 5 N–H and O–H groups in total. The highest BCUT2D eigenvalue weighted by atomic mass is 16.7. The molecule has 173 valence electrons. The molecule has 12 nitrogen and oxygen atoms in total. The van der Waals surface area contributed by atoms with Gasteiger partial charge in [0.25, 0.3) is 0 Å². The second-order valence-electron chi connectivity index (χ2n) is 6.97. The number of hydrogen-bond donors (Lipinski definition) is 4. The van der Waals surface area contributed by atoms with Gasteiger partial charge in [-0.25, -0.2) is 9.59 Å². The zero-order chi connectivity index (χ0) is 23.1. The molecule has 1 saturated heterocycles. The van der Waals surface area contributed by atoms with Gasteiger partial charge in [-0.1, -0.05) is 6.07 Å². The van der Waals surface area contributed by atoms with Crippen molar-refractivity contribution in [2.75, 3.05) is 40.0 Å². The molecule has 1 aromatic rings. The molecule has 0 spiro atoms. The van der Waals surface area contributed by atoms with E-state index in [2.05, 4.69) is 4.74 Å². The number of amides is 2. The second kappa shape index (κ2) is 11.0. The van der Waals surface area contributed by atoms with Gasteiger partial charge in [0.15, 0.2) is 0 Å². The summed E-state index contributed by atoms with van der Waals surface area (Å²) in [6.45, 7) is 1.43. The minimum absolute atomic E-state index is 0.0538. The third-order valence-corrected chi connectivity index (χ3v) is 4.58. The van der Waals surface area contributed by atoms with Crippen molar-refractivity contribution in [2.45, 2.75) is 31.2 Å². The van der Waals surface area contributed by atoms with Crippen molar-refractivity contribution in [3.63, 3.8) is 0 Å². The number of aliphatic hydroxyl groups is 3. The van der Waals surface area contributed by atoms with Gasteiger partial charge in [0, 0.05) is 27.2 Å². The maximum absolute atomic E-state index is 12.1. The first-order chi connectivity index (χ1) is 14.6. The van der Waals surface area contributed by atoms with Crippen molar-refractivity contribution < 1.29 is 43.9 Å². The summed E-state index contributed by atoms with van der Waals surface area (Å²) in [6.07, 6.45) is -6.60. The fourth-order valence-electron chi connectivity index (χ4n) is 2.59. The molecule has 1 radical (unpaired) electrons. The van der Waals surface area contributed by atoms with Crippen molar-refractivity contribution in [2.24, 2.45) is 0 Å². The summed E-state index contributed by atoms with van der Waals surface area (Å²) in [5.74, 6) is 0.180. The number of nitrogens with two attached hydrogens (primary N) is 1. The highest BCUT2D eigenvalue weighted by Crippen LogP contribution is 2.28. The van der Waals surface area contributed by atoms with Gasteiger partial charge in [-0.05, 0) is 17.7 Å².